The Kier molecular flexibility index (Phi) is 2.72. The number of carboxylic acid groups (broad SMARTS) is 1. The topological polar surface area (TPSA) is 49.3 Å². The van der Waals surface area contributed by atoms with Gasteiger partial charge in [-0.05, 0) is 6.42 Å². The van der Waals surface area contributed by atoms with E-state index in [9.17, 15) is 4.79 Å². The van der Waals surface area contributed by atoms with Crippen LogP contribution in [0.4, 0.5) is 0 Å². The number of aliphatic carboxylic acids is 1. The van der Waals surface area contributed by atoms with Crippen molar-refractivity contribution in [2.75, 3.05) is 0 Å². The first-order valence-corrected chi connectivity index (χ1v) is 4.64. The predicted octanol–water partition coefficient (Wildman–Crippen LogP) is 0.839. The summed E-state index contributed by atoms with van der Waals surface area (Å²) in [5.74, 6) is -0.816. The highest BCUT2D eigenvalue weighted by Gasteiger charge is 2.34. The third-order valence-electron chi connectivity index (χ3n) is 1.57. The van der Waals surface area contributed by atoms with Gasteiger partial charge in [-0.3, -0.25) is 0 Å². The Morgan fingerprint density at radius 1 is 1.91 bits per heavy atom. The summed E-state index contributed by atoms with van der Waals surface area (Å²) < 4.78 is 0.601. The molecule has 1 heterocycles. The molecule has 0 radical (unpaired) electrons. The zero-order valence-electron chi connectivity index (χ0n) is 6.03. The Labute approximate surface area is 74.5 Å². The van der Waals surface area contributed by atoms with E-state index in [0.29, 0.717) is 4.32 Å². The van der Waals surface area contributed by atoms with Gasteiger partial charge in [0.15, 0.2) is 0 Å². The Morgan fingerprint density at radius 2 is 2.55 bits per heavy atom. The fourth-order valence-corrected chi connectivity index (χ4v) is 2.45. The largest absolute Gasteiger partial charge is 0.480 e. The number of rotatable bonds is 2. The van der Waals surface area contributed by atoms with E-state index in [1.165, 1.54) is 11.8 Å². The molecule has 0 aliphatic carbocycles. The minimum atomic E-state index is -0.816. The Balaban J connectivity index is 2.64. The average molecular weight is 191 g/mol. The van der Waals surface area contributed by atoms with Gasteiger partial charge >= 0.3 is 5.97 Å². The smallest absolute Gasteiger partial charge is 0.327 e. The van der Waals surface area contributed by atoms with Crippen LogP contribution >= 0.6 is 24.0 Å². The van der Waals surface area contributed by atoms with Crippen LogP contribution in [0.25, 0.3) is 0 Å². The molecule has 0 aromatic rings. The third kappa shape index (κ3) is 1.84. The summed E-state index contributed by atoms with van der Waals surface area (Å²) >= 11 is 6.29. The highest BCUT2D eigenvalue weighted by atomic mass is 32.2. The van der Waals surface area contributed by atoms with Crippen molar-refractivity contribution in [1.29, 1.82) is 0 Å². The monoisotopic (exact) mass is 191 g/mol. The molecule has 3 nitrogen and oxygen atoms in total. The van der Waals surface area contributed by atoms with Gasteiger partial charge in [0.2, 0.25) is 0 Å². The number of carboxylic acids is 1. The second kappa shape index (κ2) is 3.40. The van der Waals surface area contributed by atoms with Crippen LogP contribution in [0.15, 0.2) is 0 Å². The predicted molar refractivity (Wildman–Crippen MR) is 48.8 cm³/mol. The van der Waals surface area contributed by atoms with Gasteiger partial charge in [-0.25, -0.2) is 4.79 Å². The summed E-state index contributed by atoms with van der Waals surface area (Å²) in [6.45, 7) is 1.96. The summed E-state index contributed by atoms with van der Waals surface area (Å²) in [4.78, 5) is 10.6. The van der Waals surface area contributed by atoms with Crippen molar-refractivity contribution in [3.63, 3.8) is 0 Å². The molecule has 2 N–H and O–H groups in total. The molecule has 0 aromatic heterocycles. The number of thioether (sulfide) groups is 1. The second-order valence-electron chi connectivity index (χ2n) is 2.31. The van der Waals surface area contributed by atoms with Gasteiger partial charge < -0.3 is 10.4 Å². The quantitative estimate of drug-likeness (QED) is 0.633. The van der Waals surface area contributed by atoms with Crippen molar-refractivity contribution in [2.24, 2.45) is 0 Å². The normalized spacial score (nSPS) is 30.1. The van der Waals surface area contributed by atoms with E-state index < -0.39 is 12.0 Å². The number of thiocarbonyl (C=S) groups is 1. The van der Waals surface area contributed by atoms with Crippen LogP contribution in [-0.2, 0) is 4.79 Å². The Hall–Kier alpha value is -0.290. The lowest BCUT2D eigenvalue weighted by Crippen LogP contribution is -2.38. The Morgan fingerprint density at radius 3 is 2.91 bits per heavy atom. The summed E-state index contributed by atoms with van der Waals surface area (Å²) in [7, 11) is 0. The molecule has 2 atom stereocenters. The molecule has 0 aromatic carbocycles. The first-order chi connectivity index (χ1) is 5.15. The zero-order chi connectivity index (χ0) is 8.43. The standard InChI is InChI=1S/C6H9NO2S2/c1-2-3-4(5(8)9)7-6(10)11-3/h3-4H,2H2,1H3,(H,7,10)(H,8,9). The molecule has 0 saturated carbocycles. The maximum Gasteiger partial charge on any atom is 0.327 e. The zero-order valence-corrected chi connectivity index (χ0v) is 7.67. The highest BCUT2D eigenvalue weighted by molar-refractivity contribution is 8.23. The average Bonchev–Trinajstić information content (AvgIpc) is 2.30. The van der Waals surface area contributed by atoms with Crippen LogP contribution in [0, 0.1) is 0 Å². The lowest BCUT2D eigenvalue weighted by Gasteiger charge is -2.10. The van der Waals surface area contributed by atoms with Gasteiger partial charge in [-0.1, -0.05) is 30.9 Å². The van der Waals surface area contributed by atoms with Gasteiger partial charge in [0.1, 0.15) is 10.4 Å². The van der Waals surface area contributed by atoms with E-state index in [2.05, 4.69) is 5.32 Å². The maximum atomic E-state index is 10.6. The molecule has 0 amide bonds. The molecule has 1 saturated heterocycles. The van der Waals surface area contributed by atoms with Crippen molar-refractivity contribution >= 4 is 34.3 Å². The lowest BCUT2D eigenvalue weighted by molar-refractivity contribution is -0.138. The summed E-state index contributed by atoms with van der Waals surface area (Å²) in [5, 5.41) is 11.5. The SMILES string of the molecule is CCC1SC(=S)NC1C(=O)O. The fourth-order valence-electron chi connectivity index (χ4n) is 0.999. The molecule has 0 spiro atoms. The van der Waals surface area contributed by atoms with Crippen LogP contribution in [0.5, 0.6) is 0 Å². The molecule has 2 unspecified atom stereocenters. The van der Waals surface area contributed by atoms with Crippen LogP contribution in [-0.4, -0.2) is 26.7 Å². The number of nitrogens with one attached hydrogen (secondary N) is 1. The van der Waals surface area contributed by atoms with Crippen molar-refractivity contribution in [2.45, 2.75) is 24.6 Å². The van der Waals surface area contributed by atoms with E-state index >= 15 is 0 Å². The maximum absolute atomic E-state index is 10.6. The van der Waals surface area contributed by atoms with E-state index in [0.717, 1.165) is 6.42 Å². The first-order valence-electron chi connectivity index (χ1n) is 3.35. The molecule has 11 heavy (non-hydrogen) atoms. The summed E-state index contributed by atoms with van der Waals surface area (Å²) in [6.07, 6.45) is 0.828. The minimum absolute atomic E-state index is 0.0972. The molecule has 5 heteroatoms. The molecule has 62 valence electrons. The fraction of sp³-hybridized carbons (Fsp3) is 0.667. The van der Waals surface area contributed by atoms with E-state index in [4.69, 9.17) is 17.3 Å². The van der Waals surface area contributed by atoms with E-state index in [1.54, 1.807) is 0 Å². The van der Waals surface area contributed by atoms with Gasteiger partial charge in [0.25, 0.3) is 0 Å². The van der Waals surface area contributed by atoms with Crippen LogP contribution in [0.1, 0.15) is 13.3 Å². The molecule has 1 aliphatic rings. The van der Waals surface area contributed by atoms with Gasteiger partial charge in [-0.2, -0.15) is 0 Å². The molecular formula is C6H9NO2S2. The van der Waals surface area contributed by atoms with E-state index in [1.807, 2.05) is 6.92 Å². The summed E-state index contributed by atoms with van der Waals surface area (Å²) in [6, 6.07) is -0.488. The third-order valence-corrected chi connectivity index (χ3v) is 3.22. The lowest BCUT2D eigenvalue weighted by atomic mass is 10.2. The second-order valence-corrected chi connectivity index (χ2v) is 4.23. The summed E-state index contributed by atoms with van der Waals surface area (Å²) in [5.41, 5.74) is 0. The van der Waals surface area contributed by atoms with Crippen molar-refractivity contribution < 1.29 is 9.90 Å². The Bertz CT molecular complexity index is 195. The molecule has 0 bridgehead atoms. The van der Waals surface area contributed by atoms with Crippen LogP contribution < -0.4 is 5.32 Å². The molecule has 1 aliphatic heterocycles. The van der Waals surface area contributed by atoms with Gasteiger partial charge in [-0.15, -0.1) is 0 Å². The van der Waals surface area contributed by atoms with Gasteiger partial charge in [0.05, 0.1) is 0 Å². The molecule has 1 rings (SSSR count). The van der Waals surface area contributed by atoms with Crippen molar-refractivity contribution in [3.8, 4) is 0 Å². The van der Waals surface area contributed by atoms with Crippen molar-refractivity contribution in [3.05, 3.63) is 0 Å². The van der Waals surface area contributed by atoms with Crippen molar-refractivity contribution in [1.82, 2.24) is 5.32 Å². The number of hydrogen-bond donors (Lipinski definition) is 2. The molecular weight excluding hydrogens is 182 g/mol. The highest BCUT2D eigenvalue weighted by Crippen LogP contribution is 2.25. The van der Waals surface area contributed by atoms with Gasteiger partial charge in [0, 0.05) is 5.25 Å². The molecule has 1 fully saturated rings. The minimum Gasteiger partial charge on any atom is -0.480 e. The number of hydrogen-bond acceptors (Lipinski definition) is 3. The number of carbonyl (C=O) groups is 1. The van der Waals surface area contributed by atoms with Crippen LogP contribution in [0.2, 0.25) is 0 Å². The first kappa shape index (κ1) is 8.80. The van der Waals surface area contributed by atoms with E-state index in [-0.39, 0.29) is 5.25 Å². The van der Waals surface area contributed by atoms with Crippen LogP contribution in [0.3, 0.4) is 0 Å².